The molecule has 7 N–H and O–H groups in total. The number of nitrogens with two attached hydrogens (primary N) is 3. The van der Waals surface area contributed by atoms with Crippen LogP contribution in [0.25, 0.3) is 5.70 Å². The first-order valence-corrected chi connectivity index (χ1v) is 10.2. The number of aromatic hydroxyl groups is 1. The largest absolute Gasteiger partial charge is 0.507 e. The SMILES string of the molecule is COC.NC(N)=C(/C=C(\N)c1ccccc1O)N1CCCC(F)(c2ccc(C=O)cc2)C1. The number of allylic oxidation sites excluding steroid dienone is 1. The first kappa shape index (κ1) is 24.7. The minimum absolute atomic E-state index is 0.0175. The van der Waals surface area contributed by atoms with E-state index in [1.54, 1.807) is 67.7 Å². The standard InChI is InChI=1S/C22H25FN4O2.C2H6O/c23-22(16-8-6-15(13-28)7-9-16)10-3-11-27(14-22)19(21(25)26)12-18(24)17-4-1-2-5-20(17)29;1-3-2/h1-2,4-9,12-13,29H,3,10-11,14,24-26H2;1-2H3/b18-12-;. The summed E-state index contributed by atoms with van der Waals surface area (Å²) in [7, 11) is 3.25. The van der Waals surface area contributed by atoms with E-state index in [0.717, 1.165) is 6.29 Å². The van der Waals surface area contributed by atoms with Crippen LogP contribution in [-0.2, 0) is 10.4 Å². The van der Waals surface area contributed by atoms with Gasteiger partial charge in [0.25, 0.3) is 0 Å². The van der Waals surface area contributed by atoms with E-state index in [0.29, 0.717) is 41.8 Å². The summed E-state index contributed by atoms with van der Waals surface area (Å²) in [6.45, 7) is 0.612. The van der Waals surface area contributed by atoms with Crippen LogP contribution >= 0.6 is 0 Å². The van der Waals surface area contributed by atoms with Gasteiger partial charge in [-0.25, -0.2) is 4.39 Å². The number of phenolic OH excluding ortho intramolecular Hbond substituents is 1. The van der Waals surface area contributed by atoms with Gasteiger partial charge in [0.1, 0.15) is 17.9 Å². The van der Waals surface area contributed by atoms with Crippen LogP contribution in [0.3, 0.4) is 0 Å². The Kier molecular flexibility index (Phi) is 8.66. The van der Waals surface area contributed by atoms with E-state index in [2.05, 4.69) is 4.74 Å². The fraction of sp³-hybridized carbons (Fsp3) is 0.292. The van der Waals surface area contributed by atoms with Crippen molar-refractivity contribution in [3.63, 3.8) is 0 Å². The summed E-state index contributed by atoms with van der Waals surface area (Å²) in [5.74, 6) is 0.0499. The van der Waals surface area contributed by atoms with E-state index in [4.69, 9.17) is 17.2 Å². The van der Waals surface area contributed by atoms with Crippen LogP contribution in [0.2, 0.25) is 0 Å². The van der Waals surface area contributed by atoms with Crippen LogP contribution in [-0.4, -0.2) is 43.6 Å². The number of piperidine rings is 1. The van der Waals surface area contributed by atoms with Crippen molar-refractivity contribution in [2.75, 3.05) is 27.3 Å². The second kappa shape index (κ2) is 11.2. The third-order valence-corrected chi connectivity index (χ3v) is 5.15. The molecule has 3 rings (SSSR count). The van der Waals surface area contributed by atoms with Gasteiger partial charge in [0.15, 0.2) is 5.67 Å². The number of alkyl halides is 1. The molecular weight excluding hydrogens is 411 g/mol. The van der Waals surface area contributed by atoms with Gasteiger partial charge in [0.2, 0.25) is 0 Å². The Labute approximate surface area is 188 Å². The second-order valence-corrected chi connectivity index (χ2v) is 7.60. The summed E-state index contributed by atoms with van der Waals surface area (Å²) < 4.78 is 20.1. The molecule has 0 aromatic heterocycles. The maximum Gasteiger partial charge on any atom is 0.153 e. The number of hydrogen-bond acceptors (Lipinski definition) is 7. The molecule has 1 heterocycles. The maximum atomic E-state index is 15.8. The summed E-state index contributed by atoms with van der Waals surface area (Å²) in [6, 6.07) is 13.1. The molecular formula is C24H31FN4O3. The smallest absolute Gasteiger partial charge is 0.153 e. The topological polar surface area (TPSA) is 128 Å². The molecule has 2 aromatic rings. The van der Waals surface area contributed by atoms with E-state index in [9.17, 15) is 9.90 Å². The van der Waals surface area contributed by atoms with Gasteiger partial charge in [-0.05, 0) is 36.6 Å². The minimum Gasteiger partial charge on any atom is -0.507 e. The number of para-hydroxylation sites is 1. The average molecular weight is 443 g/mol. The number of aldehydes is 1. The Morgan fingerprint density at radius 2 is 1.75 bits per heavy atom. The zero-order valence-electron chi connectivity index (χ0n) is 18.4. The minimum atomic E-state index is -1.61. The van der Waals surface area contributed by atoms with Crippen molar-refractivity contribution in [1.82, 2.24) is 4.90 Å². The van der Waals surface area contributed by atoms with Gasteiger partial charge in [-0.2, -0.15) is 0 Å². The van der Waals surface area contributed by atoms with Gasteiger partial charge in [-0.3, -0.25) is 4.79 Å². The number of rotatable bonds is 5. The molecule has 1 aliphatic heterocycles. The number of likely N-dealkylation sites (tertiary alicyclic amines) is 1. The lowest BCUT2D eigenvalue weighted by Gasteiger charge is -2.39. The monoisotopic (exact) mass is 442 g/mol. The first-order valence-electron chi connectivity index (χ1n) is 10.2. The predicted molar refractivity (Wildman–Crippen MR) is 124 cm³/mol. The Bertz CT molecular complexity index is 971. The number of hydrogen-bond donors (Lipinski definition) is 4. The van der Waals surface area contributed by atoms with Gasteiger partial charge in [0.05, 0.1) is 12.2 Å². The normalized spacial score (nSPS) is 18.3. The zero-order valence-corrected chi connectivity index (χ0v) is 18.4. The maximum absolute atomic E-state index is 15.8. The summed E-state index contributed by atoms with van der Waals surface area (Å²) in [5.41, 5.74) is 18.4. The van der Waals surface area contributed by atoms with Gasteiger partial charge in [-0.15, -0.1) is 0 Å². The highest BCUT2D eigenvalue weighted by atomic mass is 19.1. The highest BCUT2D eigenvalue weighted by Gasteiger charge is 2.38. The number of ether oxygens (including phenoxy) is 1. The van der Waals surface area contributed by atoms with Crippen molar-refractivity contribution in [3.8, 4) is 5.75 Å². The number of phenols is 1. The molecule has 7 nitrogen and oxygen atoms in total. The van der Waals surface area contributed by atoms with Gasteiger partial charge < -0.3 is 31.9 Å². The molecule has 1 atom stereocenters. The number of methoxy groups -OCH3 is 1. The quantitative estimate of drug-likeness (QED) is 0.414. The van der Waals surface area contributed by atoms with Crippen molar-refractivity contribution >= 4 is 12.0 Å². The molecule has 1 fully saturated rings. The van der Waals surface area contributed by atoms with Crippen molar-refractivity contribution in [1.29, 1.82) is 0 Å². The lowest BCUT2D eigenvalue weighted by Crippen LogP contribution is -2.44. The van der Waals surface area contributed by atoms with Gasteiger partial charge in [0, 0.05) is 37.6 Å². The van der Waals surface area contributed by atoms with Crippen molar-refractivity contribution < 1.29 is 19.0 Å². The van der Waals surface area contributed by atoms with Crippen LogP contribution in [0, 0.1) is 0 Å². The third kappa shape index (κ3) is 6.01. The fourth-order valence-corrected chi connectivity index (χ4v) is 3.61. The van der Waals surface area contributed by atoms with Crippen molar-refractivity contribution in [2.24, 2.45) is 17.2 Å². The van der Waals surface area contributed by atoms with E-state index < -0.39 is 5.67 Å². The third-order valence-electron chi connectivity index (χ3n) is 5.15. The molecule has 0 bridgehead atoms. The molecule has 0 amide bonds. The van der Waals surface area contributed by atoms with E-state index in [1.807, 2.05) is 0 Å². The van der Waals surface area contributed by atoms with E-state index in [-0.39, 0.29) is 23.8 Å². The molecule has 8 heteroatoms. The zero-order chi connectivity index (χ0) is 23.7. The molecule has 1 unspecified atom stereocenters. The molecule has 1 aliphatic rings. The Morgan fingerprint density at radius 3 is 2.31 bits per heavy atom. The highest BCUT2D eigenvalue weighted by Crippen LogP contribution is 2.37. The Balaban J connectivity index is 0.00000114. The molecule has 1 saturated heterocycles. The fourth-order valence-electron chi connectivity index (χ4n) is 3.61. The Hall–Kier alpha value is -3.52. The van der Waals surface area contributed by atoms with Crippen molar-refractivity contribution in [3.05, 3.63) is 82.8 Å². The number of halogens is 1. The number of benzene rings is 2. The van der Waals surface area contributed by atoms with E-state index >= 15 is 4.39 Å². The number of carbonyl (C=O) groups is 1. The van der Waals surface area contributed by atoms with Gasteiger partial charge in [-0.1, -0.05) is 36.4 Å². The van der Waals surface area contributed by atoms with Crippen LogP contribution in [0.5, 0.6) is 5.75 Å². The highest BCUT2D eigenvalue weighted by molar-refractivity contribution is 5.74. The summed E-state index contributed by atoms with van der Waals surface area (Å²) in [5, 5.41) is 10.0. The lowest BCUT2D eigenvalue weighted by molar-refractivity contribution is 0.0613. The Morgan fingerprint density at radius 1 is 1.12 bits per heavy atom. The molecule has 0 aliphatic carbocycles. The van der Waals surface area contributed by atoms with E-state index in [1.165, 1.54) is 6.07 Å². The van der Waals surface area contributed by atoms with Crippen LogP contribution in [0.4, 0.5) is 4.39 Å². The van der Waals surface area contributed by atoms with Crippen molar-refractivity contribution in [2.45, 2.75) is 18.5 Å². The lowest BCUT2D eigenvalue weighted by atomic mass is 9.86. The number of carbonyl (C=O) groups excluding carboxylic acids is 1. The molecule has 0 saturated carbocycles. The summed E-state index contributed by atoms with van der Waals surface area (Å²) in [6.07, 6.45) is 3.23. The first-order chi connectivity index (χ1) is 15.3. The molecule has 2 aromatic carbocycles. The molecule has 32 heavy (non-hydrogen) atoms. The molecule has 0 radical (unpaired) electrons. The molecule has 172 valence electrons. The van der Waals surface area contributed by atoms with Crippen LogP contribution < -0.4 is 17.2 Å². The van der Waals surface area contributed by atoms with Crippen LogP contribution in [0.15, 0.2) is 66.1 Å². The summed E-state index contributed by atoms with van der Waals surface area (Å²) >= 11 is 0. The van der Waals surface area contributed by atoms with Gasteiger partial charge >= 0.3 is 0 Å². The predicted octanol–water partition coefficient (Wildman–Crippen LogP) is 2.81. The second-order valence-electron chi connectivity index (χ2n) is 7.60. The molecule has 0 spiro atoms. The van der Waals surface area contributed by atoms with Crippen LogP contribution in [0.1, 0.15) is 34.3 Å². The average Bonchev–Trinajstić information content (AvgIpc) is 2.78. The summed E-state index contributed by atoms with van der Waals surface area (Å²) in [4.78, 5) is 12.6. The number of nitrogens with zero attached hydrogens (tertiary/aromatic N) is 1.